The first-order valence-electron chi connectivity index (χ1n) is 12.2. The van der Waals surface area contributed by atoms with Crippen LogP contribution in [0.3, 0.4) is 0 Å². The SMILES string of the molecule is CCCCCNCCCCNCC1CC1CNCCCCNCCCCC. The van der Waals surface area contributed by atoms with Gasteiger partial charge in [0.15, 0.2) is 0 Å². The minimum absolute atomic E-state index is 0.935. The maximum Gasteiger partial charge on any atom is -0.00173 e. The van der Waals surface area contributed by atoms with Crippen LogP contribution in [-0.4, -0.2) is 52.4 Å². The van der Waals surface area contributed by atoms with Gasteiger partial charge in [-0.2, -0.15) is 0 Å². The molecule has 0 aromatic heterocycles. The van der Waals surface area contributed by atoms with Gasteiger partial charge in [-0.1, -0.05) is 39.5 Å². The van der Waals surface area contributed by atoms with Crippen molar-refractivity contribution < 1.29 is 0 Å². The van der Waals surface area contributed by atoms with Crippen LogP contribution in [0.1, 0.15) is 84.5 Å². The second kappa shape index (κ2) is 19.2. The molecule has 0 amide bonds. The van der Waals surface area contributed by atoms with Crippen LogP contribution >= 0.6 is 0 Å². The highest BCUT2D eigenvalue weighted by Crippen LogP contribution is 2.36. The normalized spacial score (nSPS) is 18.9. The van der Waals surface area contributed by atoms with Gasteiger partial charge in [-0.05, 0) is 109 Å². The molecule has 1 rings (SSSR count). The fourth-order valence-electron chi connectivity index (χ4n) is 3.64. The molecule has 4 heteroatoms. The quantitative estimate of drug-likeness (QED) is 0.214. The maximum atomic E-state index is 3.66. The van der Waals surface area contributed by atoms with Gasteiger partial charge in [0.1, 0.15) is 0 Å². The van der Waals surface area contributed by atoms with Crippen LogP contribution in [0, 0.1) is 11.8 Å². The van der Waals surface area contributed by atoms with Gasteiger partial charge >= 0.3 is 0 Å². The standard InChI is InChI=1S/C23H50N4/c1-3-5-7-13-24-15-9-11-17-26-20-22-19-23(22)21-27-18-12-10-16-25-14-8-6-4-2/h22-27H,3-21H2,1-2H3. The van der Waals surface area contributed by atoms with E-state index in [-0.39, 0.29) is 0 Å². The minimum Gasteiger partial charge on any atom is -0.317 e. The Hall–Kier alpha value is -0.160. The van der Waals surface area contributed by atoms with Crippen molar-refractivity contribution >= 4 is 0 Å². The van der Waals surface area contributed by atoms with Gasteiger partial charge in [0.25, 0.3) is 0 Å². The average molecular weight is 383 g/mol. The van der Waals surface area contributed by atoms with Crippen molar-refractivity contribution in [3.63, 3.8) is 0 Å². The van der Waals surface area contributed by atoms with E-state index in [1.54, 1.807) is 0 Å². The topological polar surface area (TPSA) is 48.1 Å². The number of hydrogen-bond donors (Lipinski definition) is 4. The number of rotatable bonds is 22. The predicted molar refractivity (Wildman–Crippen MR) is 121 cm³/mol. The van der Waals surface area contributed by atoms with Crippen LogP contribution in [0.4, 0.5) is 0 Å². The summed E-state index contributed by atoms with van der Waals surface area (Å²) in [7, 11) is 0. The highest BCUT2D eigenvalue weighted by Gasteiger charge is 2.35. The Balaban J connectivity index is 1.70. The molecule has 1 fully saturated rings. The molecule has 27 heavy (non-hydrogen) atoms. The van der Waals surface area contributed by atoms with Crippen molar-refractivity contribution in [1.82, 2.24) is 21.3 Å². The fourth-order valence-corrected chi connectivity index (χ4v) is 3.64. The van der Waals surface area contributed by atoms with E-state index in [9.17, 15) is 0 Å². The smallest absolute Gasteiger partial charge is 0.00173 e. The molecule has 162 valence electrons. The van der Waals surface area contributed by atoms with Crippen molar-refractivity contribution in [1.29, 1.82) is 0 Å². The number of unbranched alkanes of at least 4 members (excludes halogenated alkanes) is 6. The van der Waals surface area contributed by atoms with Gasteiger partial charge in [0.2, 0.25) is 0 Å². The van der Waals surface area contributed by atoms with E-state index in [1.165, 1.54) is 123 Å². The van der Waals surface area contributed by atoms with Crippen LogP contribution in [0.25, 0.3) is 0 Å². The van der Waals surface area contributed by atoms with Gasteiger partial charge < -0.3 is 21.3 Å². The Labute approximate surface area is 170 Å². The molecule has 4 N–H and O–H groups in total. The molecule has 1 aliphatic carbocycles. The molecule has 1 saturated carbocycles. The molecular formula is C23H50N4. The Morgan fingerprint density at radius 1 is 0.481 bits per heavy atom. The van der Waals surface area contributed by atoms with Crippen LogP contribution in [0.2, 0.25) is 0 Å². The van der Waals surface area contributed by atoms with E-state index < -0.39 is 0 Å². The largest absolute Gasteiger partial charge is 0.317 e. The molecular weight excluding hydrogens is 332 g/mol. The second-order valence-corrected chi connectivity index (χ2v) is 8.49. The van der Waals surface area contributed by atoms with Gasteiger partial charge in [0, 0.05) is 0 Å². The van der Waals surface area contributed by atoms with Crippen molar-refractivity contribution in [2.45, 2.75) is 84.5 Å². The van der Waals surface area contributed by atoms with Crippen LogP contribution < -0.4 is 21.3 Å². The summed E-state index contributed by atoms with van der Waals surface area (Å²) in [5.41, 5.74) is 0. The average Bonchev–Trinajstić information content (AvgIpc) is 3.43. The second-order valence-electron chi connectivity index (χ2n) is 8.49. The zero-order valence-corrected chi connectivity index (χ0v) is 18.6. The van der Waals surface area contributed by atoms with Gasteiger partial charge in [-0.3, -0.25) is 0 Å². The van der Waals surface area contributed by atoms with Crippen molar-refractivity contribution in [2.75, 3.05) is 52.4 Å². The molecule has 0 aromatic carbocycles. The third-order valence-corrected chi connectivity index (χ3v) is 5.71. The molecule has 0 radical (unpaired) electrons. The summed E-state index contributed by atoms with van der Waals surface area (Å²) in [5, 5.41) is 14.4. The molecule has 0 spiro atoms. The van der Waals surface area contributed by atoms with E-state index in [2.05, 4.69) is 35.1 Å². The summed E-state index contributed by atoms with van der Waals surface area (Å²) >= 11 is 0. The third kappa shape index (κ3) is 16.5. The summed E-state index contributed by atoms with van der Waals surface area (Å²) in [4.78, 5) is 0. The van der Waals surface area contributed by atoms with Crippen molar-refractivity contribution in [3.8, 4) is 0 Å². The van der Waals surface area contributed by atoms with Crippen LogP contribution in [-0.2, 0) is 0 Å². The summed E-state index contributed by atoms with van der Waals surface area (Å²) in [6, 6.07) is 0. The molecule has 0 saturated heterocycles. The maximum absolute atomic E-state index is 3.66. The van der Waals surface area contributed by atoms with Crippen molar-refractivity contribution in [2.24, 2.45) is 11.8 Å². The minimum atomic E-state index is 0.935. The van der Waals surface area contributed by atoms with Crippen molar-refractivity contribution in [3.05, 3.63) is 0 Å². The summed E-state index contributed by atoms with van der Waals surface area (Å²) < 4.78 is 0. The lowest BCUT2D eigenvalue weighted by Crippen LogP contribution is -2.24. The van der Waals surface area contributed by atoms with Gasteiger partial charge in [-0.15, -0.1) is 0 Å². The first-order chi connectivity index (χ1) is 13.4. The summed E-state index contributed by atoms with van der Waals surface area (Å²) in [5.74, 6) is 1.87. The van der Waals surface area contributed by atoms with E-state index in [1.807, 2.05) is 0 Å². The first kappa shape index (κ1) is 24.9. The van der Waals surface area contributed by atoms with E-state index in [4.69, 9.17) is 0 Å². The first-order valence-corrected chi connectivity index (χ1v) is 12.2. The molecule has 0 aliphatic heterocycles. The third-order valence-electron chi connectivity index (χ3n) is 5.71. The number of hydrogen-bond acceptors (Lipinski definition) is 4. The zero-order chi connectivity index (χ0) is 19.4. The lowest BCUT2D eigenvalue weighted by Gasteiger charge is -2.07. The molecule has 0 heterocycles. The Morgan fingerprint density at radius 2 is 0.815 bits per heavy atom. The highest BCUT2D eigenvalue weighted by molar-refractivity contribution is 4.89. The molecule has 0 bridgehead atoms. The number of nitrogens with one attached hydrogen (secondary N) is 4. The van der Waals surface area contributed by atoms with E-state index >= 15 is 0 Å². The van der Waals surface area contributed by atoms with E-state index in [0.717, 1.165) is 11.8 Å². The van der Waals surface area contributed by atoms with Crippen LogP contribution in [0.5, 0.6) is 0 Å². The molecule has 0 aromatic rings. The fraction of sp³-hybridized carbons (Fsp3) is 1.00. The van der Waals surface area contributed by atoms with E-state index in [0.29, 0.717) is 0 Å². The molecule has 1 aliphatic rings. The summed E-state index contributed by atoms with van der Waals surface area (Å²) in [6.45, 7) is 14.2. The van der Waals surface area contributed by atoms with Gasteiger partial charge in [0.05, 0.1) is 0 Å². The lowest BCUT2D eigenvalue weighted by atomic mass is 10.2. The van der Waals surface area contributed by atoms with Crippen LogP contribution in [0.15, 0.2) is 0 Å². The molecule has 2 atom stereocenters. The Morgan fingerprint density at radius 3 is 1.19 bits per heavy atom. The molecule has 4 nitrogen and oxygen atoms in total. The predicted octanol–water partition coefficient (Wildman–Crippen LogP) is 3.92. The summed E-state index contributed by atoms with van der Waals surface area (Å²) in [6.07, 6.45) is 14.7. The Kier molecular flexibility index (Phi) is 17.7. The monoisotopic (exact) mass is 382 g/mol. The zero-order valence-electron chi connectivity index (χ0n) is 18.6. The highest BCUT2D eigenvalue weighted by atomic mass is 14.9. The Bertz CT molecular complexity index is 270. The molecule has 2 unspecified atom stereocenters. The van der Waals surface area contributed by atoms with Gasteiger partial charge in [-0.25, -0.2) is 0 Å². The lowest BCUT2D eigenvalue weighted by molar-refractivity contribution is 0.525.